The van der Waals surface area contributed by atoms with Gasteiger partial charge in [-0.1, -0.05) is 6.58 Å². The fourth-order valence-corrected chi connectivity index (χ4v) is 0.806. The monoisotopic (exact) mass is 186 g/mol. The summed E-state index contributed by atoms with van der Waals surface area (Å²) in [6.45, 7) is 4.67. The minimum Gasteiger partial charge on any atom is -0.467 e. The van der Waals surface area contributed by atoms with Gasteiger partial charge >= 0.3 is 0 Å². The predicted molar refractivity (Wildman–Crippen MR) is 48.2 cm³/mol. The van der Waals surface area contributed by atoms with Crippen molar-refractivity contribution in [2.75, 3.05) is 12.5 Å². The first kappa shape index (κ1) is 9.36. The van der Waals surface area contributed by atoms with E-state index in [1.165, 1.54) is 0 Å². The molecule has 3 heteroatoms. The molecule has 1 aromatic rings. The van der Waals surface area contributed by atoms with Gasteiger partial charge in [0.25, 0.3) is 0 Å². The molecule has 1 aromatic heterocycles. The first-order valence-corrected chi connectivity index (χ1v) is 4.19. The molecule has 0 aliphatic carbocycles. The van der Waals surface area contributed by atoms with Crippen molar-refractivity contribution < 1.29 is 9.15 Å². The van der Waals surface area contributed by atoms with Crippen LogP contribution >= 0.6 is 11.6 Å². The van der Waals surface area contributed by atoms with Crippen LogP contribution in [0.25, 0.3) is 0 Å². The molecule has 0 fully saturated rings. The topological polar surface area (TPSA) is 22.4 Å². The number of halogens is 1. The maximum absolute atomic E-state index is 5.51. The van der Waals surface area contributed by atoms with E-state index >= 15 is 0 Å². The maximum atomic E-state index is 5.51. The quantitative estimate of drug-likeness (QED) is 0.521. The largest absolute Gasteiger partial charge is 0.467 e. The van der Waals surface area contributed by atoms with Gasteiger partial charge in [0.1, 0.15) is 12.4 Å². The van der Waals surface area contributed by atoms with Crippen LogP contribution in [0.2, 0.25) is 0 Å². The lowest BCUT2D eigenvalue weighted by atomic mass is 10.4. The Labute approximate surface area is 76.8 Å². The maximum Gasteiger partial charge on any atom is 0.129 e. The molecule has 1 heterocycles. The van der Waals surface area contributed by atoms with Crippen molar-refractivity contribution in [3.05, 3.63) is 36.3 Å². The van der Waals surface area contributed by atoms with Crippen LogP contribution in [0, 0.1) is 0 Å². The highest BCUT2D eigenvalue weighted by Crippen LogP contribution is 2.03. The summed E-state index contributed by atoms with van der Waals surface area (Å²) in [5.74, 6) is 1.26. The van der Waals surface area contributed by atoms with Crippen LogP contribution in [0.5, 0.6) is 0 Å². The summed E-state index contributed by atoms with van der Waals surface area (Å²) in [6.07, 6.45) is 1.62. The number of ether oxygens (including phenoxy) is 1. The molecule has 66 valence electrons. The molecule has 0 saturated carbocycles. The fraction of sp³-hybridized carbons (Fsp3) is 0.333. The Bertz CT molecular complexity index is 229. The van der Waals surface area contributed by atoms with E-state index in [1.807, 2.05) is 12.1 Å². The van der Waals surface area contributed by atoms with Crippen molar-refractivity contribution in [3.8, 4) is 0 Å². The molecule has 2 nitrogen and oxygen atoms in total. The van der Waals surface area contributed by atoms with Crippen molar-refractivity contribution >= 4 is 11.6 Å². The Morgan fingerprint density at radius 3 is 3.08 bits per heavy atom. The molecule has 0 amide bonds. The molecule has 0 atom stereocenters. The third kappa shape index (κ3) is 3.11. The Kier molecular flexibility index (Phi) is 3.91. The van der Waals surface area contributed by atoms with E-state index in [0.29, 0.717) is 19.1 Å². The number of hydrogen-bond acceptors (Lipinski definition) is 2. The van der Waals surface area contributed by atoms with E-state index in [2.05, 4.69) is 6.58 Å². The lowest BCUT2D eigenvalue weighted by molar-refractivity contribution is 0.126. The highest BCUT2D eigenvalue weighted by Gasteiger charge is 1.96. The summed E-state index contributed by atoms with van der Waals surface area (Å²) in [5, 5.41) is 0. The van der Waals surface area contributed by atoms with Gasteiger partial charge in [-0.2, -0.15) is 0 Å². The molecule has 0 unspecified atom stereocenters. The van der Waals surface area contributed by atoms with Gasteiger partial charge in [-0.25, -0.2) is 0 Å². The molecule has 12 heavy (non-hydrogen) atoms. The molecule has 0 bridgehead atoms. The minimum atomic E-state index is 0.443. The second-order valence-electron chi connectivity index (χ2n) is 2.46. The van der Waals surface area contributed by atoms with Crippen LogP contribution in [-0.2, 0) is 11.3 Å². The molecule has 0 aromatic carbocycles. The third-order valence-corrected chi connectivity index (χ3v) is 1.70. The van der Waals surface area contributed by atoms with Crippen molar-refractivity contribution in [3.63, 3.8) is 0 Å². The molecule has 1 rings (SSSR count). The number of rotatable bonds is 5. The highest BCUT2D eigenvalue weighted by molar-refractivity contribution is 6.19. The summed E-state index contributed by atoms with van der Waals surface area (Å²) >= 11 is 5.51. The Hall–Kier alpha value is -0.730. The number of furan rings is 1. The molecular formula is C9H11ClO2. The molecular weight excluding hydrogens is 176 g/mol. The van der Waals surface area contributed by atoms with Crippen LogP contribution in [0.3, 0.4) is 0 Å². The Morgan fingerprint density at radius 2 is 2.50 bits per heavy atom. The van der Waals surface area contributed by atoms with E-state index < -0.39 is 0 Å². The smallest absolute Gasteiger partial charge is 0.129 e. The molecule has 0 spiro atoms. The zero-order valence-corrected chi connectivity index (χ0v) is 7.51. The first-order chi connectivity index (χ1) is 5.83. The molecule has 0 radical (unpaired) electrons. The van der Waals surface area contributed by atoms with Crippen LogP contribution in [-0.4, -0.2) is 12.5 Å². The van der Waals surface area contributed by atoms with E-state index in [1.54, 1.807) is 6.26 Å². The zero-order valence-electron chi connectivity index (χ0n) is 6.75. The van der Waals surface area contributed by atoms with Gasteiger partial charge in [-0.15, -0.1) is 11.6 Å². The van der Waals surface area contributed by atoms with Crippen molar-refractivity contribution in [2.24, 2.45) is 0 Å². The van der Waals surface area contributed by atoms with E-state index in [4.69, 9.17) is 20.8 Å². The summed E-state index contributed by atoms with van der Waals surface area (Å²) in [4.78, 5) is 0. The lowest BCUT2D eigenvalue weighted by Crippen LogP contribution is -1.97. The number of alkyl halides is 1. The second-order valence-corrected chi connectivity index (χ2v) is 2.72. The van der Waals surface area contributed by atoms with E-state index in [-0.39, 0.29) is 0 Å². The lowest BCUT2D eigenvalue weighted by Gasteiger charge is -2.01. The third-order valence-electron chi connectivity index (χ3n) is 1.32. The van der Waals surface area contributed by atoms with Gasteiger partial charge in [-0.3, -0.25) is 0 Å². The van der Waals surface area contributed by atoms with Crippen LogP contribution < -0.4 is 0 Å². The van der Waals surface area contributed by atoms with Gasteiger partial charge in [0, 0.05) is 5.88 Å². The highest BCUT2D eigenvalue weighted by atomic mass is 35.5. The minimum absolute atomic E-state index is 0.443. The fourth-order valence-electron chi connectivity index (χ4n) is 0.729. The van der Waals surface area contributed by atoms with Gasteiger partial charge in [0.05, 0.1) is 12.9 Å². The molecule has 0 N–H and O–H groups in total. The summed E-state index contributed by atoms with van der Waals surface area (Å²) in [7, 11) is 0. The van der Waals surface area contributed by atoms with Gasteiger partial charge in [0.2, 0.25) is 0 Å². The van der Waals surface area contributed by atoms with Gasteiger partial charge in [0.15, 0.2) is 0 Å². The first-order valence-electron chi connectivity index (χ1n) is 3.65. The predicted octanol–water partition coefficient (Wildman–Crippen LogP) is 2.59. The standard InChI is InChI=1S/C9H11ClO2/c1-8(5-10)6-11-7-9-3-2-4-12-9/h2-4H,1,5-7H2. The Morgan fingerprint density at radius 1 is 1.67 bits per heavy atom. The van der Waals surface area contributed by atoms with Crippen molar-refractivity contribution in [1.82, 2.24) is 0 Å². The van der Waals surface area contributed by atoms with Crippen LogP contribution in [0.4, 0.5) is 0 Å². The van der Waals surface area contributed by atoms with Crippen LogP contribution in [0.15, 0.2) is 35.0 Å². The summed E-state index contributed by atoms with van der Waals surface area (Å²) in [6, 6.07) is 3.69. The van der Waals surface area contributed by atoms with Gasteiger partial charge in [-0.05, 0) is 17.7 Å². The second kappa shape index (κ2) is 5.01. The summed E-state index contributed by atoms with van der Waals surface area (Å²) < 4.78 is 10.3. The number of hydrogen-bond donors (Lipinski definition) is 0. The Balaban J connectivity index is 2.15. The molecule has 0 aliphatic heterocycles. The zero-order chi connectivity index (χ0) is 8.81. The van der Waals surface area contributed by atoms with E-state index in [9.17, 15) is 0 Å². The average molecular weight is 187 g/mol. The normalized spacial score (nSPS) is 10.1. The van der Waals surface area contributed by atoms with Gasteiger partial charge < -0.3 is 9.15 Å². The SMILES string of the molecule is C=C(CCl)COCc1ccco1. The summed E-state index contributed by atoms with van der Waals surface area (Å²) in [5.41, 5.74) is 0.878. The van der Waals surface area contributed by atoms with Crippen LogP contribution in [0.1, 0.15) is 5.76 Å². The van der Waals surface area contributed by atoms with Crippen molar-refractivity contribution in [2.45, 2.75) is 6.61 Å². The molecule has 0 aliphatic rings. The van der Waals surface area contributed by atoms with E-state index in [0.717, 1.165) is 11.3 Å². The van der Waals surface area contributed by atoms with Crippen molar-refractivity contribution in [1.29, 1.82) is 0 Å². The molecule has 0 saturated heterocycles. The average Bonchev–Trinajstić information content (AvgIpc) is 2.57.